The van der Waals surface area contributed by atoms with Gasteiger partial charge in [-0.25, -0.2) is 0 Å². The Morgan fingerprint density at radius 3 is 2.32 bits per heavy atom. The summed E-state index contributed by atoms with van der Waals surface area (Å²) in [6.07, 6.45) is 5.10. The third kappa shape index (κ3) is 3.96. The molecule has 0 aromatic heterocycles. The van der Waals surface area contributed by atoms with Crippen LogP contribution in [0.15, 0.2) is 24.3 Å². The van der Waals surface area contributed by atoms with Crippen molar-refractivity contribution < 1.29 is 9.90 Å². The highest BCUT2D eigenvalue weighted by molar-refractivity contribution is 5.82. The van der Waals surface area contributed by atoms with Crippen LogP contribution >= 0.6 is 0 Å². The molecule has 1 atom stereocenters. The lowest BCUT2D eigenvalue weighted by Crippen LogP contribution is -2.45. The number of nitrogens with two attached hydrogens (primary N) is 1. The molecule has 1 heterocycles. The Bertz CT molecular complexity index is 409. The van der Waals surface area contributed by atoms with Gasteiger partial charge in [-0.2, -0.15) is 0 Å². The second-order valence-corrected chi connectivity index (χ2v) is 5.22. The van der Waals surface area contributed by atoms with Gasteiger partial charge in [-0.3, -0.25) is 4.79 Å². The quantitative estimate of drug-likeness (QED) is 0.870. The lowest BCUT2D eigenvalue weighted by molar-refractivity contribution is -0.132. The molecule has 19 heavy (non-hydrogen) atoms. The van der Waals surface area contributed by atoms with E-state index in [-0.39, 0.29) is 11.7 Å². The monoisotopic (exact) mass is 262 g/mol. The molecule has 0 unspecified atom stereocenters. The van der Waals surface area contributed by atoms with Gasteiger partial charge in [0.05, 0.1) is 6.04 Å². The number of amides is 1. The van der Waals surface area contributed by atoms with Crippen LogP contribution in [0, 0.1) is 0 Å². The van der Waals surface area contributed by atoms with Gasteiger partial charge in [0, 0.05) is 13.1 Å². The number of carbonyl (C=O) groups excluding carboxylic acids is 1. The van der Waals surface area contributed by atoms with Crippen molar-refractivity contribution in [1.29, 1.82) is 0 Å². The summed E-state index contributed by atoms with van der Waals surface area (Å²) in [5.41, 5.74) is 7.00. The predicted molar refractivity (Wildman–Crippen MR) is 74.8 cm³/mol. The number of hydrogen-bond acceptors (Lipinski definition) is 3. The van der Waals surface area contributed by atoms with Crippen LogP contribution in [0.25, 0.3) is 0 Å². The minimum atomic E-state index is -0.484. The normalized spacial score (nSPS) is 17.8. The summed E-state index contributed by atoms with van der Waals surface area (Å²) in [5.74, 6) is 0.283. The first-order chi connectivity index (χ1) is 9.16. The summed E-state index contributed by atoms with van der Waals surface area (Å²) in [4.78, 5) is 14.2. The summed E-state index contributed by atoms with van der Waals surface area (Å²) < 4.78 is 0. The van der Waals surface area contributed by atoms with Crippen molar-refractivity contribution in [1.82, 2.24) is 4.90 Å². The van der Waals surface area contributed by atoms with Gasteiger partial charge in [0.2, 0.25) is 5.91 Å². The Morgan fingerprint density at radius 1 is 1.16 bits per heavy atom. The van der Waals surface area contributed by atoms with Crippen molar-refractivity contribution in [3.63, 3.8) is 0 Å². The Balaban J connectivity index is 1.92. The fourth-order valence-electron chi connectivity index (χ4n) is 2.50. The van der Waals surface area contributed by atoms with Crippen LogP contribution in [-0.4, -0.2) is 35.0 Å². The zero-order chi connectivity index (χ0) is 13.7. The predicted octanol–water partition coefficient (Wildman–Crippen LogP) is 1.66. The van der Waals surface area contributed by atoms with E-state index in [9.17, 15) is 9.90 Å². The molecule has 0 radical (unpaired) electrons. The van der Waals surface area contributed by atoms with Gasteiger partial charge in [-0.1, -0.05) is 25.0 Å². The summed E-state index contributed by atoms with van der Waals surface area (Å²) in [5, 5.41) is 9.23. The van der Waals surface area contributed by atoms with E-state index in [4.69, 9.17) is 5.73 Å². The van der Waals surface area contributed by atoms with Gasteiger partial charge >= 0.3 is 0 Å². The highest BCUT2D eigenvalue weighted by atomic mass is 16.3. The average Bonchev–Trinajstić information content (AvgIpc) is 2.69. The van der Waals surface area contributed by atoms with Gasteiger partial charge in [-0.15, -0.1) is 0 Å². The van der Waals surface area contributed by atoms with Crippen molar-refractivity contribution in [3.05, 3.63) is 29.8 Å². The van der Waals surface area contributed by atoms with Crippen molar-refractivity contribution >= 4 is 5.91 Å². The largest absolute Gasteiger partial charge is 0.508 e. The number of phenols is 1. The smallest absolute Gasteiger partial charge is 0.239 e. The van der Waals surface area contributed by atoms with Crippen LogP contribution in [0.4, 0.5) is 0 Å². The zero-order valence-electron chi connectivity index (χ0n) is 11.2. The van der Waals surface area contributed by atoms with Gasteiger partial charge in [0.15, 0.2) is 0 Å². The van der Waals surface area contributed by atoms with Crippen LogP contribution in [0.3, 0.4) is 0 Å². The van der Waals surface area contributed by atoms with E-state index in [2.05, 4.69) is 0 Å². The Labute approximate surface area is 114 Å². The second kappa shape index (κ2) is 6.57. The molecule has 4 nitrogen and oxygen atoms in total. The molecule has 0 spiro atoms. The van der Waals surface area contributed by atoms with Crippen LogP contribution in [0.2, 0.25) is 0 Å². The zero-order valence-corrected chi connectivity index (χ0v) is 11.2. The molecule has 1 fully saturated rings. The summed E-state index contributed by atoms with van der Waals surface area (Å²) >= 11 is 0. The average molecular weight is 262 g/mol. The van der Waals surface area contributed by atoms with Gasteiger partial charge in [0.25, 0.3) is 0 Å². The fourth-order valence-corrected chi connectivity index (χ4v) is 2.50. The molecule has 0 bridgehead atoms. The maximum Gasteiger partial charge on any atom is 0.239 e. The first-order valence-electron chi connectivity index (χ1n) is 6.99. The maximum atomic E-state index is 12.3. The molecule has 3 N–H and O–H groups in total. The number of nitrogens with zero attached hydrogens (tertiary/aromatic N) is 1. The van der Waals surface area contributed by atoms with Gasteiger partial charge < -0.3 is 15.7 Å². The molecule has 104 valence electrons. The summed E-state index contributed by atoms with van der Waals surface area (Å²) in [7, 11) is 0. The highest BCUT2D eigenvalue weighted by Crippen LogP contribution is 2.14. The minimum absolute atomic E-state index is 0.0509. The first-order valence-corrected chi connectivity index (χ1v) is 6.99. The van der Waals surface area contributed by atoms with Crippen molar-refractivity contribution in [2.45, 2.75) is 38.1 Å². The molecule has 4 heteroatoms. The van der Waals surface area contributed by atoms with E-state index in [1.165, 1.54) is 12.8 Å². The van der Waals surface area contributed by atoms with Gasteiger partial charge in [0.1, 0.15) is 5.75 Å². The van der Waals surface area contributed by atoms with E-state index >= 15 is 0 Å². The van der Waals surface area contributed by atoms with Crippen LogP contribution in [-0.2, 0) is 11.2 Å². The molecule has 1 aromatic rings. The molecule has 0 aliphatic carbocycles. The maximum absolute atomic E-state index is 12.3. The first kappa shape index (κ1) is 13.9. The Kier molecular flexibility index (Phi) is 4.80. The standard InChI is InChI=1S/C15H22N2O2/c16-14(11-12-5-7-13(18)8-6-12)15(19)17-9-3-1-2-4-10-17/h5-8,14,18H,1-4,9-11,16H2/t14-/m1/s1. The van der Waals surface area contributed by atoms with E-state index < -0.39 is 6.04 Å². The van der Waals surface area contributed by atoms with E-state index in [0.29, 0.717) is 6.42 Å². The molecule has 0 saturated carbocycles. The number of rotatable bonds is 3. The van der Waals surface area contributed by atoms with Crippen LogP contribution in [0.1, 0.15) is 31.2 Å². The topological polar surface area (TPSA) is 66.6 Å². The van der Waals surface area contributed by atoms with Crippen molar-refractivity contribution in [2.75, 3.05) is 13.1 Å². The van der Waals surface area contributed by atoms with Crippen molar-refractivity contribution in [2.24, 2.45) is 5.73 Å². The molecule has 1 aliphatic rings. The number of benzene rings is 1. The highest BCUT2D eigenvalue weighted by Gasteiger charge is 2.21. The third-order valence-electron chi connectivity index (χ3n) is 3.63. The van der Waals surface area contributed by atoms with E-state index in [1.807, 2.05) is 17.0 Å². The molecular formula is C15H22N2O2. The number of phenolic OH excluding ortho intramolecular Hbond substituents is 1. The van der Waals surface area contributed by atoms with Crippen LogP contribution in [0.5, 0.6) is 5.75 Å². The lowest BCUT2D eigenvalue weighted by atomic mass is 10.1. The van der Waals surface area contributed by atoms with Gasteiger partial charge in [-0.05, 0) is 37.0 Å². The SMILES string of the molecule is N[C@H](Cc1ccc(O)cc1)C(=O)N1CCCCCC1. The number of likely N-dealkylation sites (tertiary alicyclic amines) is 1. The molecule has 1 saturated heterocycles. The molecule has 1 aliphatic heterocycles. The lowest BCUT2D eigenvalue weighted by Gasteiger charge is -2.24. The molecular weight excluding hydrogens is 240 g/mol. The summed E-state index contributed by atoms with van der Waals surface area (Å²) in [6.45, 7) is 1.67. The molecule has 2 rings (SSSR count). The number of hydrogen-bond donors (Lipinski definition) is 2. The Morgan fingerprint density at radius 2 is 1.74 bits per heavy atom. The van der Waals surface area contributed by atoms with E-state index in [1.54, 1.807) is 12.1 Å². The van der Waals surface area contributed by atoms with Crippen LogP contribution < -0.4 is 5.73 Å². The summed E-state index contributed by atoms with van der Waals surface area (Å²) in [6, 6.07) is 6.38. The number of carbonyl (C=O) groups is 1. The third-order valence-corrected chi connectivity index (χ3v) is 3.63. The second-order valence-electron chi connectivity index (χ2n) is 5.22. The molecule has 1 aromatic carbocycles. The minimum Gasteiger partial charge on any atom is -0.508 e. The van der Waals surface area contributed by atoms with E-state index in [0.717, 1.165) is 31.5 Å². The fraction of sp³-hybridized carbons (Fsp3) is 0.533. The number of aromatic hydroxyl groups is 1. The Hall–Kier alpha value is -1.55. The van der Waals surface area contributed by atoms with Crippen molar-refractivity contribution in [3.8, 4) is 5.75 Å². The molecule has 1 amide bonds.